The summed E-state index contributed by atoms with van der Waals surface area (Å²) < 4.78 is 0. The van der Waals surface area contributed by atoms with Gasteiger partial charge in [0, 0.05) is 11.6 Å². The van der Waals surface area contributed by atoms with Gasteiger partial charge in [-0.15, -0.1) is 0 Å². The molecule has 2 aromatic rings. The Hall–Kier alpha value is -2.62. The number of benzene rings is 2. The lowest BCUT2D eigenvalue weighted by molar-refractivity contribution is -0.117. The molecular formula is C18H18N2O2. The van der Waals surface area contributed by atoms with E-state index in [2.05, 4.69) is 0 Å². The Morgan fingerprint density at radius 2 is 1.55 bits per heavy atom. The minimum atomic E-state index is -0.148. The molecule has 3 rings (SSSR count). The number of hydrogen-bond donors (Lipinski definition) is 0. The number of amides is 2. The Labute approximate surface area is 130 Å². The second-order valence-corrected chi connectivity index (χ2v) is 5.60. The summed E-state index contributed by atoms with van der Waals surface area (Å²) in [4.78, 5) is 28.5. The number of fused-ring (bicyclic) bond motifs is 1. The van der Waals surface area contributed by atoms with Gasteiger partial charge in [-0.3, -0.25) is 14.5 Å². The highest BCUT2D eigenvalue weighted by Crippen LogP contribution is 2.35. The Morgan fingerprint density at radius 1 is 0.955 bits per heavy atom. The van der Waals surface area contributed by atoms with Crippen LogP contribution < -0.4 is 9.80 Å². The van der Waals surface area contributed by atoms with Gasteiger partial charge in [0.1, 0.15) is 6.54 Å². The van der Waals surface area contributed by atoms with Crippen LogP contribution >= 0.6 is 0 Å². The first-order valence-electron chi connectivity index (χ1n) is 7.37. The first-order valence-corrected chi connectivity index (χ1v) is 7.37. The summed E-state index contributed by atoms with van der Waals surface area (Å²) in [6.45, 7) is 4.02. The standard InChI is InChI=1S/C18H18N2O2/c1-13(2)20-16-11-7-6-10-15(16)19(12-17(20)21)18(22)14-8-4-3-5-9-14/h3-11,13H,12H2,1-2H3. The van der Waals surface area contributed by atoms with Crippen molar-refractivity contribution in [1.82, 2.24) is 0 Å². The molecule has 1 aliphatic heterocycles. The van der Waals surface area contributed by atoms with Gasteiger partial charge in [0.15, 0.2) is 0 Å². The second-order valence-electron chi connectivity index (χ2n) is 5.60. The molecular weight excluding hydrogens is 276 g/mol. The van der Waals surface area contributed by atoms with E-state index < -0.39 is 0 Å². The van der Waals surface area contributed by atoms with Crippen LogP contribution in [0.25, 0.3) is 0 Å². The molecule has 0 spiro atoms. The van der Waals surface area contributed by atoms with Crippen LogP contribution in [-0.4, -0.2) is 24.4 Å². The minimum absolute atomic E-state index is 0.0574. The predicted octanol–water partition coefficient (Wildman–Crippen LogP) is 3.09. The summed E-state index contributed by atoms with van der Waals surface area (Å²) in [6, 6.07) is 16.7. The van der Waals surface area contributed by atoms with Gasteiger partial charge in [0.05, 0.1) is 11.4 Å². The van der Waals surface area contributed by atoms with Gasteiger partial charge >= 0.3 is 0 Å². The number of carbonyl (C=O) groups excluding carboxylic acids is 2. The van der Waals surface area contributed by atoms with E-state index in [0.29, 0.717) is 5.56 Å². The molecule has 0 saturated carbocycles. The van der Waals surface area contributed by atoms with Gasteiger partial charge in [-0.1, -0.05) is 30.3 Å². The number of nitrogens with zero attached hydrogens (tertiary/aromatic N) is 2. The summed E-state index contributed by atoms with van der Waals surface area (Å²) in [5, 5.41) is 0. The van der Waals surface area contributed by atoms with Crippen molar-refractivity contribution in [1.29, 1.82) is 0 Å². The van der Waals surface area contributed by atoms with Gasteiger partial charge in [-0.05, 0) is 38.1 Å². The highest BCUT2D eigenvalue weighted by atomic mass is 16.2. The summed E-state index contributed by atoms with van der Waals surface area (Å²) in [5.41, 5.74) is 2.16. The third-order valence-electron chi connectivity index (χ3n) is 3.78. The van der Waals surface area contributed by atoms with Crippen molar-refractivity contribution in [3.05, 3.63) is 60.2 Å². The third kappa shape index (κ3) is 2.37. The van der Waals surface area contributed by atoms with Gasteiger partial charge in [0.2, 0.25) is 5.91 Å². The lowest BCUT2D eigenvalue weighted by atomic mass is 10.1. The third-order valence-corrected chi connectivity index (χ3v) is 3.78. The smallest absolute Gasteiger partial charge is 0.258 e. The molecule has 0 aromatic heterocycles. The van der Waals surface area contributed by atoms with Crippen LogP contribution in [0, 0.1) is 0 Å². The monoisotopic (exact) mass is 294 g/mol. The van der Waals surface area contributed by atoms with Crippen LogP contribution in [0.1, 0.15) is 24.2 Å². The van der Waals surface area contributed by atoms with E-state index in [0.717, 1.165) is 11.4 Å². The van der Waals surface area contributed by atoms with Crippen LogP contribution in [-0.2, 0) is 4.79 Å². The lowest BCUT2D eigenvalue weighted by Gasteiger charge is -2.38. The molecule has 1 aliphatic rings. The van der Waals surface area contributed by atoms with Crippen molar-refractivity contribution in [2.75, 3.05) is 16.3 Å². The molecule has 0 aliphatic carbocycles. The lowest BCUT2D eigenvalue weighted by Crippen LogP contribution is -2.50. The highest BCUT2D eigenvalue weighted by Gasteiger charge is 2.33. The van der Waals surface area contributed by atoms with E-state index in [9.17, 15) is 9.59 Å². The van der Waals surface area contributed by atoms with E-state index >= 15 is 0 Å². The maximum Gasteiger partial charge on any atom is 0.258 e. The summed E-state index contributed by atoms with van der Waals surface area (Å²) in [5.74, 6) is -0.206. The zero-order valence-corrected chi connectivity index (χ0v) is 12.7. The van der Waals surface area contributed by atoms with E-state index in [4.69, 9.17) is 0 Å². The molecule has 0 saturated heterocycles. The highest BCUT2D eigenvalue weighted by molar-refractivity contribution is 6.15. The quantitative estimate of drug-likeness (QED) is 0.854. The van der Waals surface area contributed by atoms with Crippen LogP contribution in [0.2, 0.25) is 0 Å². The van der Waals surface area contributed by atoms with Gasteiger partial charge in [0.25, 0.3) is 5.91 Å². The van der Waals surface area contributed by atoms with Gasteiger partial charge in [-0.25, -0.2) is 0 Å². The number of anilines is 2. The van der Waals surface area contributed by atoms with Gasteiger partial charge < -0.3 is 4.90 Å². The maximum atomic E-state index is 12.7. The number of carbonyl (C=O) groups is 2. The summed E-state index contributed by atoms with van der Waals surface area (Å²) in [7, 11) is 0. The van der Waals surface area contributed by atoms with Crippen LogP contribution in [0.5, 0.6) is 0 Å². The molecule has 4 heteroatoms. The summed E-state index contributed by atoms with van der Waals surface area (Å²) in [6.07, 6.45) is 0. The molecule has 2 amide bonds. The molecule has 112 valence electrons. The Bertz CT molecular complexity index is 710. The SMILES string of the molecule is CC(C)N1C(=O)CN(C(=O)c2ccccc2)c2ccccc21. The van der Waals surface area contributed by atoms with E-state index in [1.54, 1.807) is 21.9 Å². The number of para-hydroxylation sites is 2. The normalized spacial score (nSPS) is 14.2. The van der Waals surface area contributed by atoms with Crippen molar-refractivity contribution < 1.29 is 9.59 Å². The topological polar surface area (TPSA) is 40.6 Å². The molecule has 4 nitrogen and oxygen atoms in total. The molecule has 0 unspecified atom stereocenters. The fraction of sp³-hybridized carbons (Fsp3) is 0.222. The van der Waals surface area contributed by atoms with Crippen LogP contribution in [0.3, 0.4) is 0 Å². The number of rotatable bonds is 2. The molecule has 2 aromatic carbocycles. The van der Waals surface area contributed by atoms with Gasteiger partial charge in [-0.2, -0.15) is 0 Å². The molecule has 0 bridgehead atoms. The Balaban J connectivity index is 2.05. The zero-order chi connectivity index (χ0) is 15.7. The fourth-order valence-electron chi connectivity index (χ4n) is 2.81. The molecule has 0 fully saturated rings. The Morgan fingerprint density at radius 3 is 2.18 bits per heavy atom. The molecule has 0 N–H and O–H groups in total. The van der Waals surface area contributed by atoms with E-state index in [1.165, 1.54) is 0 Å². The van der Waals surface area contributed by atoms with Crippen molar-refractivity contribution in [3.63, 3.8) is 0 Å². The zero-order valence-electron chi connectivity index (χ0n) is 12.7. The predicted molar refractivity (Wildman–Crippen MR) is 87.2 cm³/mol. The van der Waals surface area contributed by atoms with E-state index in [1.807, 2.05) is 56.3 Å². The fourth-order valence-corrected chi connectivity index (χ4v) is 2.81. The Kier molecular flexibility index (Phi) is 3.67. The average molecular weight is 294 g/mol. The van der Waals surface area contributed by atoms with E-state index in [-0.39, 0.29) is 24.4 Å². The van der Waals surface area contributed by atoms with Crippen molar-refractivity contribution >= 4 is 23.2 Å². The van der Waals surface area contributed by atoms with Crippen LogP contribution in [0.4, 0.5) is 11.4 Å². The molecule has 0 atom stereocenters. The van der Waals surface area contributed by atoms with Crippen molar-refractivity contribution in [3.8, 4) is 0 Å². The average Bonchev–Trinajstić information content (AvgIpc) is 2.53. The first-order chi connectivity index (χ1) is 10.6. The largest absolute Gasteiger partial charge is 0.306 e. The maximum absolute atomic E-state index is 12.7. The first kappa shape index (κ1) is 14.3. The van der Waals surface area contributed by atoms with Crippen LogP contribution in [0.15, 0.2) is 54.6 Å². The minimum Gasteiger partial charge on any atom is -0.306 e. The molecule has 0 radical (unpaired) electrons. The molecule has 1 heterocycles. The molecule has 22 heavy (non-hydrogen) atoms. The van der Waals surface area contributed by atoms with Crippen molar-refractivity contribution in [2.24, 2.45) is 0 Å². The second kappa shape index (κ2) is 5.64. The van der Waals surface area contributed by atoms with Crippen molar-refractivity contribution in [2.45, 2.75) is 19.9 Å². The number of hydrogen-bond acceptors (Lipinski definition) is 2. The summed E-state index contributed by atoms with van der Waals surface area (Å²) >= 11 is 0.